The van der Waals surface area contributed by atoms with Gasteiger partial charge in [-0.05, 0) is 38.7 Å². The Labute approximate surface area is 273 Å². The molecule has 7 atom stereocenters. The maximum absolute atomic E-state index is 12.8. The van der Waals surface area contributed by atoms with E-state index < -0.39 is 30.2 Å². The van der Waals surface area contributed by atoms with Crippen LogP contribution in [0.3, 0.4) is 0 Å². The minimum atomic E-state index is -1.00. The number of hydrogen-bond donors (Lipinski definition) is 1. The molecular formula is C37H74O7. The molecule has 0 bridgehead atoms. The van der Waals surface area contributed by atoms with Gasteiger partial charge in [-0.25, -0.2) is 0 Å². The Morgan fingerprint density at radius 3 is 1.91 bits per heavy atom. The van der Waals surface area contributed by atoms with E-state index in [9.17, 15) is 19.5 Å². The third-order valence-electron chi connectivity index (χ3n) is 6.37. The molecule has 0 saturated carbocycles. The third-order valence-corrected chi connectivity index (χ3v) is 6.37. The monoisotopic (exact) mass is 631 g/mol. The second-order valence-electron chi connectivity index (χ2n) is 9.76. The van der Waals surface area contributed by atoms with E-state index in [4.69, 9.17) is 14.2 Å². The lowest BCUT2D eigenvalue weighted by molar-refractivity contribution is -0.156. The van der Waals surface area contributed by atoms with Gasteiger partial charge in [0, 0.05) is 37.9 Å². The first-order valence-electron chi connectivity index (χ1n) is 17.4. The van der Waals surface area contributed by atoms with Crippen molar-refractivity contribution in [2.24, 2.45) is 23.7 Å². The molecule has 0 fully saturated rings. The van der Waals surface area contributed by atoms with E-state index in [0.29, 0.717) is 26.1 Å². The highest BCUT2D eigenvalue weighted by molar-refractivity contribution is 5.91. The number of carbonyl (C=O) groups is 3. The molecule has 1 rings (SSSR count). The van der Waals surface area contributed by atoms with Gasteiger partial charge in [0.15, 0.2) is 5.78 Å². The predicted molar refractivity (Wildman–Crippen MR) is 188 cm³/mol. The second kappa shape index (κ2) is 37.4. The summed E-state index contributed by atoms with van der Waals surface area (Å²) in [7, 11) is 1.59. The van der Waals surface area contributed by atoms with Crippen LogP contribution in [0.5, 0.6) is 0 Å². The zero-order valence-electron chi connectivity index (χ0n) is 31.7. The van der Waals surface area contributed by atoms with Gasteiger partial charge in [-0.1, -0.05) is 114 Å². The van der Waals surface area contributed by atoms with Crippen LogP contribution in [0.2, 0.25) is 0 Å². The molecule has 0 aromatic carbocycles. The van der Waals surface area contributed by atoms with Crippen LogP contribution in [0.25, 0.3) is 0 Å². The van der Waals surface area contributed by atoms with Gasteiger partial charge in [-0.3, -0.25) is 9.59 Å². The van der Waals surface area contributed by atoms with Gasteiger partial charge in [-0.2, -0.15) is 0 Å². The zero-order chi connectivity index (χ0) is 35.7. The molecule has 0 amide bonds. The molecule has 1 aliphatic heterocycles. The topological polar surface area (TPSA) is 99.1 Å². The fourth-order valence-corrected chi connectivity index (χ4v) is 4.46. The number of cyclic esters (lactones) is 1. The maximum Gasteiger partial charge on any atom is 0.308 e. The van der Waals surface area contributed by atoms with E-state index in [2.05, 4.69) is 13.8 Å². The smallest absolute Gasteiger partial charge is 0.308 e. The van der Waals surface area contributed by atoms with E-state index in [-0.39, 0.29) is 36.4 Å². The van der Waals surface area contributed by atoms with Crippen molar-refractivity contribution in [3.63, 3.8) is 0 Å². The van der Waals surface area contributed by atoms with Gasteiger partial charge < -0.3 is 24.1 Å². The van der Waals surface area contributed by atoms with Crippen molar-refractivity contribution in [1.29, 1.82) is 0 Å². The largest absolute Gasteiger partial charge is 0.462 e. The standard InChI is InChI=1S/C26H42O7.C3H8.4C2H6/c1-7-24-21(16-31-6)13-17(3)9-10-22(28)18(4)14-20(11-12-27)26(32-8-2)19(5)23(29)15-25(30)33-24;1-3-2;4*1-2/h9-10,12-13,18-21,23-24,26,29H,7-8,11,14-16H2,1-6H3;3H2,1-2H3;4*1-2H3/b10-9+,17-13+;;;;;/t18-,19+,20+,21-,23-,24+,26-;;;;;/m1...../s1. The van der Waals surface area contributed by atoms with Crippen molar-refractivity contribution in [2.75, 3.05) is 20.3 Å². The molecule has 1 aliphatic rings. The molecule has 0 aromatic heterocycles. The van der Waals surface area contributed by atoms with Crippen LogP contribution in [0.4, 0.5) is 0 Å². The van der Waals surface area contributed by atoms with Crippen molar-refractivity contribution in [1.82, 2.24) is 0 Å². The van der Waals surface area contributed by atoms with Gasteiger partial charge in [0.1, 0.15) is 12.4 Å². The zero-order valence-corrected chi connectivity index (χ0v) is 31.7. The molecule has 0 aliphatic carbocycles. The highest BCUT2D eigenvalue weighted by atomic mass is 16.5. The van der Waals surface area contributed by atoms with Crippen molar-refractivity contribution in [3.05, 3.63) is 23.8 Å². The number of aldehydes is 1. The molecule has 7 heteroatoms. The highest BCUT2D eigenvalue weighted by Crippen LogP contribution is 2.30. The predicted octanol–water partition coefficient (Wildman–Crippen LogP) is 9.20. The van der Waals surface area contributed by atoms with Crippen LogP contribution in [0.1, 0.15) is 136 Å². The average Bonchev–Trinajstić information content (AvgIpc) is 3.04. The van der Waals surface area contributed by atoms with Crippen LogP contribution >= 0.6 is 0 Å². The van der Waals surface area contributed by atoms with Gasteiger partial charge in [0.05, 0.1) is 25.2 Å². The summed E-state index contributed by atoms with van der Waals surface area (Å²) in [5.74, 6) is -1.70. The maximum atomic E-state index is 12.8. The van der Waals surface area contributed by atoms with Crippen LogP contribution in [0.15, 0.2) is 23.8 Å². The number of ether oxygens (including phenoxy) is 3. The van der Waals surface area contributed by atoms with Crippen LogP contribution < -0.4 is 0 Å². The number of aliphatic hydroxyl groups is 1. The minimum Gasteiger partial charge on any atom is -0.462 e. The number of aliphatic hydroxyl groups excluding tert-OH is 1. The van der Waals surface area contributed by atoms with Crippen molar-refractivity contribution < 1.29 is 33.7 Å². The average molecular weight is 631 g/mol. The number of methoxy groups -OCH3 is 1. The molecule has 0 spiro atoms. The fourth-order valence-electron chi connectivity index (χ4n) is 4.46. The van der Waals surface area contributed by atoms with E-state index >= 15 is 0 Å². The normalized spacial score (nSPS) is 27.5. The Kier molecular flexibility index (Phi) is 43.9. The Bertz CT molecular complexity index is 702. The Morgan fingerprint density at radius 2 is 1.48 bits per heavy atom. The molecule has 0 aromatic rings. The molecule has 1 N–H and O–H groups in total. The Hall–Kier alpha value is -1.83. The van der Waals surface area contributed by atoms with E-state index in [1.807, 2.05) is 96.1 Å². The van der Waals surface area contributed by atoms with Crippen molar-refractivity contribution in [2.45, 2.75) is 154 Å². The second-order valence-corrected chi connectivity index (χ2v) is 9.76. The molecular weight excluding hydrogens is 556 g/mol. The summed E-state index contributed by atoms with van der Waals surface area (Å²) in [6, 6.07) is 0. The summed E-state index contributed by atoms with van der Waals surface area (Å²) in [5, 5.41) is 10.8. The van der Waals surface area contributed by atoms with Gasteiger partial charge >= 0.3 is 5.97 Å². The molecule has 44 heavy (non-hydrogen) atoms. The fraction of sp³-hybridized carbons (Fsp3) is 0.811. The number of carbonyl (C=O) groups excluding carboxylic acids is 3. The quantitative estimate of drug-likeness (QED) is 0.221. The van der Waals surface area contributed by atoms with E-state index in [0.717, 1.165) is 11.9 Å². The molecule has 7 nitrogen and oxygen atoms in total. The molecule has 1 heterocycles. The van der Waals surface area contributed by atoms with E-state index in [1.165, 1.54) is 6.42 Å². The number of ketones is 1. The van der Waals surface area contributed by atoms with Crippen LogP contribution in [-0.4, -0.2) is 61.8 Å². The Morgan fingerprint density at radius 1 is 0.955 bits per heavy atom. The van der Waals surface area contributed by atoms with Gasteiger partial charge in [0.25, 0.3) is 0 Å². The number of hydrogen-bond acceptors (Lipinski definition) is 7. The van der Waals surface area contributed by atoms with E-state index in [1.54, 1.807) is 19.3 Å². The summed E-state index contributed by atoms with van der Waals surface area (Å²) < 4.78 is 17.0. The number of rotatable bonds is 7. The first-order chi connectivity index (χ1) is 21.1. The minimum absolute atomic E-state index is 0.0315. The summed E-state index contributed by atoms with van der Waals surface area (Å²) in [4.78, 5) is 36.9. The van der Waals surface area contributed by atoms with Crippen LogP contribution in [-0.2, 0) is 28.6 Å². The molecule has 264 valence electrons. The molecule has 0 saturated heterocycles. The summed E-state index contributed by atoms with van der Waals surface area (Å²) in [6.45, 7) is 30.3. The highest BCUT2D eigenvalue weighted by Gasteiger charge is 2.35. The van der Waals surface area contributed by atoms with Gasteiger partial charge in [-0.15, -0.1) is 0 Å². The lowest BCUT2D eigenvalue weighted by Crippen LogP contribution is -2.40. The van der Waals surface area contributed by atoms with Gasteiger partial charge in [0.2, 0.25) is 0 Å². The Balaban J connectivity index is -0.000000409. The summed E-state index contributed by atoms with van der Waals surface area (Å²) in [5.41, 5.74) is 0.865. The SMILES string of the molecule is CC.CC.CC.CC.CCC.CCO[C@H]1[C@@H](CC=O)C[C@@H](C)C(=O)/C=C/C(C)=C/[C@H](COC)[C@H](CC)OC(=O)C[C@@H](O)[C@@H]1C. The number of allylic oxidation sites excluding steroid dienone is 3. The lowest BCUT2D eigenvalue weighted by atomic mass is 9.80. The third kappa shape index (κ3) is 24.5. The summed E-state index contributed by atoms with van der Waals surface area (Å²) >= 11 is 0. The molecule has 0 unspecified atom stereocenters. The molecule has 0 radical (unpaired) electrons. The first-order valence-corrected chi connectivity index (χ1v) is 17.4. The van der Waals surface area contributed by atoms with Crippen molar-refractivity contribution >= 4 is 18.0 Å². The summed E-state index contributed by atoms with van der Waals surface area (Å²) in [6.07, 6.45) is 6.52. The number of esters is 1. The van der Waals surface area contributed by atoms with Crippen molar-refractivity contribution in [3.8, 4) is 0 Å². The first kappa shape index (κ1) is 51.7. The van der Waals surface area contributed by atoms with Crippen LogP contribution in [0, 0.1) is 23.7 Å². The lowest BCUT2D eigenvalue weighted by Gasteiger charge is -2.34.